The molecule has 5 rings (SSSR count). The van der Waals surface area contributed by atoms with Crippen molar-refractivity contribution in [1.82, 2.24) is 19.9 Å². The average molecular weight is 415 g/mol. The highest BCUT2D eigenvalue weighted by Crippen LogP contribution is 2.30. The number of benzene rings is 2. The van der Waals surface area contributed by atoms with Gasteiger partial charge in [0.05, 0.1) is 23.9 Å². The van der Waals surface area contributed by atoms with Crippen molar-refractivity contribution >= 4 is 11.6 Å². The number of fused-ring (bicyclic) bond motifs is 1. The zero-order chi connectivity index (χ0) is 20.0. The first-order valence-corrected chi connectivity index (χ1v) is 9.18. The van der Waals surface area contributed by atoms with Crippen LogP contribution < -0.4 is 0 Å². The van der Waals surface area contributed by atoms with Crippen LogP contribution in [0.25, 0.3) is 23.0 Å². The summed E-state index contributed by atoms with van der Waals surface area (Å²) >= 11 is 5.71. The van der Waals surface area contributed by atoms with Crippen LogP contribution in [0.3, 0.4) is 0 Å². The summed E-state index contributed by atoms with van der Waals surface area (Å²) in [6, 6.07) is 12.3. The zero-order valence-electron chi connectivity index (χ0n) is 14.8. The summed E-state index contributed by atoms with van der Waals surface area (Å²) < 4.78 is 39.8. The molecule has 4 aromatic rings. The summed E-state index contributed by atoms with van der Waals surface area (Å²) in [4.78, 5) is 4.31. The fraction of sp³-hybridized carbons (Fsp3) is 0.150. The molecule has 0 fully saturated rings. The minimum Gasteiger partial charge on any atom is -0.365 e. The maximum absolute atomic E-state index is 13.7. The lowest BCUT2D eigenvalue weighted by molar-refractivity contribution is -0.00116. The van der Waals surface area contributed by atoms with Gasteiger partial charge in [-0.25, -0.2) is 8.78 Å². The van der Waals surface area contributed by atoms with E-state index in [-0.39, 0.29) is 28.7 Å². The SMILES string of the molecule is Fc1ccc(C2Cn3nc(-c4nc(-c5ccc(Cl)c(F)c5)no4)cc3CO2)cc1. The Hall–Kier alpha value is -3.10. The molecular formula is C20H13ClF2N4O2. The maximum Gasteiger partial charge on any atom is 0.278 e. The quantitative estimate of drug-likeness (QED) is 0.481. The van der Waals surface area contributed by atoms with E-state index in [0.717, 1.165) is 11.3 Å². The van der Waals surface area contributed by atoms with Crippen molar-refractivity contribution in [1.29, 1.82) is 0 Å². The molecule has 0 bridgehead atoms. The summed E-state index contributed by atoms with van der Waals surface area (Å²) in [6.45, 7) is 0.822. The predicted molar refractivity (Wildman–Crippen MR) is 99.9 cm³/mol. The van der Waals surface area contributed by atoms with Crippen molar-refractivity contribution in [2.45, 2.75) is 19.3 Å². The first-order chi connectivity index (χ1) is 14.1. The molecule has 1 aliphatic rings. The molecular weight excluding hydrogens is 402 g/mol. The number of aromatic nitrogens is 4. The lowest BCUT2D eigenvalue weighted by atomic mass is 10.1. The van der Waals surface area contributed by atoms with Gasteiger partial charge in [0.2, 0.25) is 5.82 Å². The van der Waals surface area contributed by atoms with E-state index < -0.39 is 5.82 Å². The van der Waals surface area contributed by atoms with Gasteiger partial charge in [0.1, 0.15) is 17.7 Å². The number of hydrogen-bond acceptors (Lipinski definition) is 5. The van der Waals surface area contributed by atoms with Crippen molar-refractivity contribution in [2.75, 3.05) is 0 Å². The minimum atomic E-state index is -0.558. The maximum atomic E-state index is 13.7. The summed E-state index contributed by atoms with van der Waals surface area (Å²) in [5, 5.41) is 8.45. The Bertz CT molecular complexity index is 1190. The van der Waals surface area contributed by atoms with E-state index >= 15 is 0 Å². The largest absolute Gasteiger partial charge is 0.365 e. The Kier molecular flexibility index (Phi) is 4.37. The molecule has 0 saturated heterocycles. The smallest absolute Gasteiger partial charge is 0.278 e. The Morgan fingerprint density at radius 1 is 1.07 bits per heavy atom. The van der Waals surface area contributed by atoms with E-state index in [4.69, 9.17) is 20.9 Å². The van der Waals surface area contributed by atoms with E-state index in [0.29, 0.717) is 24.4 Å². The van der Waals surface area contributed by atoms with Gasteiger partial charge < -0.3 is 9.26 Å². The summed E-state index contributed by atoms with van der Waals surface area (Å²) in [7, 11) is 0. The molecule has 0 aliphatic carbocycles. The molecule has 0 radical (unpaired) electrons. The Morgan fingerprint density at radius 3 is 2.69 bits per heavy atom. The Labute approximate surface area is 168 Å². The molecule has 3 heterocycles. The molecule has 0 saturated carbocycles. The van der Waals surface area contributed by atoms with Gasteiger partial charge >= 0.3 is 0 Å². The van der Waals surface area contributed by atoms with E-state index in [1.807, 2.05) is 0 Å². The third-order valence-electron chi connectivity index (χ3n) is 4.70. The topological polar surface area (TPSA) is 66.0 Å². The fourth-order valence-electron chi connectivity index (χ4n) is 3.19. The fourth-order valence-corrected chi connectivity index (χ4v) is 3.31. The monoisotopic (exact) mass is 414 g/mol. The highest BCUT2D eigenvalue weighted by atomic mass is 35.5. The van der Waals surface area contributed by atoms with Crippen LogP contribution >= 0.6 is 11.6 Å². The van der Waals surface area contributed by atoms with Crippen LogP contribution in [0.1, 0.15) is 17.4 Å². The molecule has 0 N–H and O–H groups in total. The molecule has 146 valence electrons. The summed E-state index contributed by atoms with van der Waals surface area (Å²) in [5.74, 6) is -0.395. The zero-order valence-corrected chi connectivity index (χ0v) is 15.6. The lowest BCUT2D eigenvalue weighted by Crippen LogP contribution is -2.21. The van der Waals surface area contributed by atoms with Crippen LogP contribution in [0.15, 0.2) is 53.1 Å². The van der Waals surface area contributed by atoms with Crippen LogP contribution in [0.5, 0.6) is 0 Å². The third-order valence-corrected chi connectivity index (χ3v) is 5.01. The third kappa shape index (κ3) is 3.41. The Morgan fingerprint density at radius 2 is 1.90 bits per heavy atom. The van der Waals surface area contributed by atoms with Gasteiger partial charge in [-0.05, 0) is 42.0 Å². The first-order valence-electron chi connectivity index (χ1n) is 8.80. The van der Waals surface area contributed by atoms with Gasteiger partial charge in [0.25, 0.3) is 5.89 Å². The molecule has 29 heavy (non-hydrogen) atoms. The average Bonchev–Trinajstić information content (AvgIpc) is 3.37. The van der Waals surface area contributed by atoms with E-state index in [1.54, 1.807) is 28.9 Å². The Balaban J connectivity index is 1.40. The lowest BCUT2D eigenvalue weighted by Gasteiger charge is -2.24. The molecule has 6 nitrogen and oxygen atoms in total. The van der Waals surface area contributed by atoms with Crippen molar-refractivity contribution in [3.8, 4) is 23.0 Å². The van der Waals surface area contributed by atoms with Crippen molar-refractivity contribution in [3.63, 3.8) is 0 Å². The van der Waals surface area contributed by atoms with Gasteiger partial charge in [-0.3, -0.25) is 4.68 Å². The number of halogens is 3. The molecule has 2 aromatic heterocycles. The molecule has 9 heteroatoms. The normalized spacial score (nSPS) is 16.0. The van der Waals surface area contributed by atoms with Gasteiger partial charge in [0, 0.05) is 5.56 Å². The minimum absolute atomic E-state index is 0.0231. The standard InChI is InChI=1S/C20H13ClF2N4O2/c21-15-6-3-12(7-16(15)23)19-24-20(29-26-19)17-8-14-10-28-18(9-27(14)25-17)11-1-4-13(22)5-2-11/h1-8,18H,9-10H2. The van der Waals surface area contributed by atoms with Crippen LogP contribution in [0, 0.1) is 11.6 Å². The van der Waals surface area contributed by atoms with E-state index in [1.165, 1.54) is 24.3 Å². The number of hydrogen-bond donors (Lipinski definition) is 0. The molecule has 1 aliphatic heterocycles. The number of rotatable bonds is 3. The molecule has 0 amide bonds. The van der Waals surface area contributed by atoms with Crippen molar-refractivity contribution in [2.24, 2.45) is 0 Å². The molecule has 0 spiro atoms. The predicted octanol–water partition coefficient (Wildman–Crippen LogP) is 4.80. The molecule has 1 unspecified atom stereocenters. The van der Waals surface area contributed by atoms with Gasteiger partial charge in [-0.2, -0.15) is 10.1 Å². The van der Waals surface area contributed by atoms with Gasteiger partial charge in [0.15, 0.2) is 5.69 Å². The summed E-state index contributed by atoms with van der Waals surface area (Å²) in [5.41, 5.74) is 2.68. The van der Waals surface area contributed by atoms with Gasteiger partial charge in [-0.15, -0.1) is 0 Å². The number of nitrogens with zero attached hydrogens (tertiary/aromatic N) is 4. The van der Waals surface area contributed by atoms with Crippen molar-refractivity contribution < 1.29 is 18.0 Å². The molecule has 1 atom stereocenters. The second-order valence-corrected chi connectivity index (χ2v) is 7.01. The van der Waals surface area contributed by atoms with Crippen LogP contribution in [-0.2, 0) is 17.9 Å². The van der Waals surface area contributed by atoms with E-state index in [9.17, 15) is 8.78 Å². The van der Waals surface area contributed by atoms with E-state index in [2.05, 4.69) is 15.2 Å². The highest BCUT2D eigenvalue weighted by Gasteiger charge is 2.24. The summed E-state index contributed by atoms with van der Waals surface area (Å²) in [6.07, 6.45) is -0.230. The van der Waals surface area contributed by atoms with Crippen LogP contribution in [0.2, 0.25) is 5.02 Å². The second-order valence-electron chi connectivity index (χ2n) is 6.61. The molecule has 2 aromatic carbocycles. The second kappa shape index (κ2) is 7.06. The first kappa shape index (κ1) is 18.0. The van der Waals surface area contributed by atoms with Crippen LogP contribution in [-0.4, -0.2) is 19.9 Å². The highest BCUT2D eigenvalue weighted by molar-refractivity contribution is 6.30. The van der Waals surface area contributed by atoms with Crippen LogP contribution in [0.4, 0.5) is 8.78 Å². The van der Waals surface area contributed by atoms with Crippen molar-refractivity contribution in [3.05, 3.63) is 76.4 Å². The van der Waals surface area contributed by atoms with Gasteiger partial charge in [-0.1, -0.05) is 28.9 Å². The number of ether oxygens (including phenoxy) is 1.